The highest BCUT2D eigenvalue weighted by atomic mass is 15.1. The van der Waals surface area contributed by atoms with Crippen molar-refractivity contribution in [2.24, 2.45) is 0 Å². The van der Waals surface area contributed by atoms with E-state index >= 15 is 0 Å². The first-order valence-electron chi connectivity index (χ1n) is 20.7. The van der Waals surface area contributed by atoms with Crippen LogP contribution in [0, 0.1) is 0 Å². The minimum absolute atomic E-state index is 0.142. The van der Waals surface area contributed by atoms with Gasteiger partial charge in [0, 0.05) is 22.5 Å². The fourth-order valence-corrected chi connectivity index (χ4v) is 10.0. The van der Waals surface area contributed by atoms with Gasteiger partial charge < -0.3 is 4.90 Å². The first kappa shape index (κ1) is 35.0. The first-order chi connectivity index (χ1) is 29.0. The Morgan fingerprint density at radius 3 is 1.17 bits per heavy atom. The van der Waals surface area contributed by atoms with E-state index in [4.69, 9.17) is 0 Å². The second-order valence-electron chi connectivity index (χ2n) is 16.5. The van der Waals surface area contributed by atoms with Gasteiger partial charge in [0.1, 0.15) is 0 Å². The van der Waals surface area contributed by atoms with Crippen LogP contribution < -0.4 is 4.90 Å². The van der Waals surface area contributed by atoms with Crippen LogP contribution in [-0.4, -0.2) is 0 Å². The number of hydrogen-bond acceptors (Lipinski definition) is 1. The Kier molecular flexibility index (Phi) is 8.13. The van der Waals surface area contributed by atoms with Gasteiger partial charge in [-0.1, -0.05) is 202 Å². The molecule has 11 rings (SSSR count). The van der Waals surface area contributed by atoms with Crippen molar-refractivity contribution in [1.29, 1.82) is 0 Å². The van der Waals surface area contributed by atoms with E-state index in [1.165, 1.54) is 77.9 Å². The molecule has 0 amide bonds. The molecule has 0 saturated heterocycles. The van der Waals surface area contributed by atoms with Crippen molar-refractivity contribution in [3.8, 4) is 44.5 Å². The lowest BCUT2D eigenvalue weighted by atomic mass is 9.70. The predicted octanol–water partition coefficient (Wildman–Crippen LogP) is 15.2. The Morgan fingerprint density at radius 1 is 0.305 bits per heavy atom. The number of nitrogens with zero attached hydrogens (tertiary/aromatic N) is 1. The molecule has 1 nitrogen and oxygen atoms in total. The summed E-state index contributed by atoms with van der Waals surface area (Å²) >= 11 is 0. The molecule has 2 aliphatic rings. The van der Waals surface area contributed by atoms with Crippen LogP contribution in [-0.2, 0) is 10.8 Å². The topological polar surface area (TPSA) is 3.24 Å². The zero-order chi connectivity index (χ0) is 39.6. The second kappa shape index (κ2) is 13.7. The standard InChI is InChI=1S/C58H43N/c1-57(2,44-17-7-4-8-18-44)45-31-35-47(36-32-45)59(46-33-29-43(30-34-46)42-27-25-41(26-28-42)40-15-5-3-6-16-40)48-37-38-52-51-21-11-14-24-55(51)58(56(52)39-48)53-22-12-9-19-49(53)50-20-10-13-23-54(50)58/h3-39H,1-2H3. The van der Waals surface area contributed by atoms with Crippen LogP contribution >= 0.6 is 0 Å². The molecule has 0 bridgehead atoms. The van der Waals surface area contributed by atoms with E-state index in [9.17, 15) is 0 Å². The van der Waals surface area contributed by atoms with Crippen LogP contribution in [0.3, 0.4) is 0 Å². The fraction of sp³-hybridized carbons (Fsp3) is 0.0690. The third kappa shape index (κ3) is 5.46. The molecule has 0 radical (unpaired) electrons. The zero-order valence-corrected chi connectivity index (χ0v) is 33.3. The van der Waals surface area contributed by atoms with E-state index in [0.29, 0.717) is 0 Å². The molecule has 0 unspecified atom stereocenters. The Labute approximate surface area is 347 Å². The van der Waals surface area contributed by atoms with Crippen molar-refractivity contribution >= 4 is 17.1 Å². The molecule has 0 N–H and O–H groups in total. The summed E-state index contributed by atoms with van der Waals surface area (Å²) in [5.74, 6) is 0. The van der Waals surface area contributed by atoms with E-state index in [-0.39, 0.29) is 5.41 Å². The van der Waals surface area contributed by atoms with Crippen molar-refractivity contribution in [3.05, 3.63) is 258 Å². The lowest BCUT2D eigenvalue weighted by molar-refractivity contribution is 0.641. The molecule has 280 valence electrons. The molecule has 0 saturated carbocycles. The minimum Gasteiger partial charge on any atom is -0.310 e. The van der Waals surface area contributed by atoms with Gasteiger partial charge in [-0.05, 0) is 114 Å². The van der Waals surface area contributed by atoms with Gasteiger partial charge in [-0.25, -0.2) is 0 Å². The second-order valence-corrected chi connectivity index (χ2v) is 16.5. The van der Waals surface area contributed by atoms with Crippen LogP contribution in [0.1, 0.15) is 47.2 Å². The van der Waals surface area contributed by atoms with Crippen LogP contribution in [0.2, 0.25) is 0 Å². The van der Waals surface area contributed by atoms with Crippen molar-refractivity contribution in [3.63, 3.8) is 0 Å². The van der Waals surface area contributed by atoms with Crippen molar-refractivity contribution < 1.29 is 0 Å². The van der Waals surface area contributed by atoms with Gasteiger partial charge in [0.15, 0.2) is 0 Å². The largest absolute Gasteiger partial charge is 0.310 e. The van der Waals surface area contributed by atoms with E-state index < -0.39 is 5.41 Å². The average molecular weight is 754 g/mol. The summed E-state index contributed by atoms with van der Waals surface area (Å²) in [4.78, 5) is 2.44. The molecular formula is C58H43N. The maximum Gasteiger partial charge on any atom is 0.0726 e. The maximum absolute atomic E-state index is 2.48. The molecule has 0 aromatic heterocycles. The van der Waals surface area contributed by atoms with E-state index in [0.717, 1.165) is 17.1 Å². The van der Waals surface area contributed by atoms with E-state index in [2.05, 4.69) is 243 Å². The van der Waals surface area contributed by atoms with Crippen LogP contribution in [0.5, 0.6) is 0 Å². The third-order valence-electron chi connectivity index (χ3n) is 13.0. The van der Waals surface area contributed by atoms with Gasteiger partial charge in [-0.2, -0.15) is 0 Å². The van der Waals surface area contributed by atoms with Gasteiger partial charge in [0.05, 0.1) is 5.41 Å². The molecule has 9 aromatic carbocycles. The molecule has 9 aromatic rings. The van der Waals surface area contributed by atoms with Crippen LogP contribution in [0.25, 0.3) is 44.5 Å². The Bertz CT molecular complexity index is 2910. The molecule has 1 heteroatoms. The van der Waals surface area contributed by atoms with Gasteiger partial charge >= 0.3 is 0 Å². The summed E-state index contributed by atoms with van der Waals surface area (Å²) in [7, 11) is 0. The summed E-state index contributed by atoms with van der Waals surface area (Å²) < 4.78 is 0. The number of rotatable bonds is 7. The van der Waals surface area contributed by atoms with E-state index in [1.807, 2.05) is 0 Å². The summed E-state index contributed by atoms with van der Waals surface area (Å²) in [6.07, 6.45) is 0. The summed E-state index contributed by atoms with van der Waals surface area (Å²) in [5, 5.41) is 0. The molecule has 0 heterocycles. The van der Waals surface area contributed by atoms with Crippen molar-refractivity contribution in [2.75, 3.05) is 4.90 Å². The van der Waals surface area contributed by atoms with Gasteiger partial charge in [-0.3, -0.25) is 0 Å². The molecule has 0 fully saturated rings. The molecule has 2 aliphatic carbocycles. The maximum atomic E-state index is 2.48. The summed E-state index contributed by atoms with van der Waals surface area (Å²) in [5.41, 5.74) is 20.9. The predicted molar refractivity (Wildman–Crippen MR) is 247 cm³/mol. The quantitative estimate of drug-likeness (QED) is 0.157. The Hall–Kier alpha value is -7.22. The molecule has 59 heavy (non-hydrogen) atoms. The highest BCUT2D eigenvalue weighted by Gasteiger charge is 2.51. The highest BCUT2D eigenvalue weighted by Crippen LogP contribution is 2.63. The van der Waals surface area contributed by atoms with E-state index in [1.54, 1.807) is 0 Å². The van der Waals surface area contributed by atoms with Crippen LogP contribution in [0.15, 0.2) is 224 Å². The Morgan fingerprint density at radius 2 is 0.661 bits per heavy atom. The average Bonchev–Trinajstić information content (AvgIpc) is 3.77. The van der Waals surface area contributed by atoms with Gasteiger partial charge in [0.25, 0.3) is 0 Å². The SMILES string of the molecule is CC(C)(c1ccccc1)c1ccc(N(c2ccc(-c3ccc(-c4ccccc4)cc3)cc2)c2ccc3c(c2)C2(c4ccccc4-c4ccccc42)c2ccccc2-3)cc1. The highest BCUT2D eigenvalue weighted by molar-refractivity contribution is 5.96. The number of benzene rings is 9. The monoisotopic (exact) mass is 753 g/mol. The molecule has 0 atom stereocenters. The number of fused-ring (bicyclic) bond motifs is 10. The van der Waals surface area contributed by atoms with Crippen LogP contribution in [0.4, 0.5) is 17.1 Å². The lowest BCUT2D eigenvalue weighted by Gasteiger charge is -2.32. The van der Waals surface area contributed by atoms with Crippen molar-refractivity contribution in [1.82, 2.24) is 0 Å². The lowest BCUT2D eigenvalue weighted by Crippen LogP contribution is -2.26. The van der Waals surface area contributed by atoms with Gasteiger partial charge in [0.2, 0.25) is 0 Å². The first-order valence-corrected chi connectivity index (χ1v) is 20.7. The third-order valence-corrected chi connectivity index (χ3v) is 13.0. The normalized spacial score (nSPS) is 13.1. The molecule has 0 aliphatic heterocycles. The smallest absolute Gasteiger partial charge is 0.0726 e. The van der Waals surface area contributed by atoms with Gasteiger partial charge in [-0.15, -0.1) is 0 Å². The number of anilines is 3. The summed E-state index contributed by atoms with van der Waals surface area (Å²) in [6.45, 7) is 4.63. The molecular weight excluding hydrogens is 711 g/mol. The van der Waals surface area contributed by atoms with Crippen molar-refractivity contribution in [2.45, 2.75) is 24.7 Å². The number of hydrogen-bond donors (Lipinski definition) is 0. The zero-order valence-electron chi connectivity index (χ0n) is 33.3. The fourth-order valence-electron chi connectivity index (χ4n) is 10.0. The minimum atomic E-state index is -0.417. The Balaban J connectivity index is 1.06. The summed E-state index contributed by atoms with van der Waals surface area (Å²) in [6, 6.07) is 82.9. The molecule has 1 spiro atoms.